The molecule has 156 valence electrons. The molecule has 0 amide bonds. The van der Waals surface area contributed by atoms with Crippen LogP contribution in [-0.2, 0) is 20.0 Å². The minimum Gasteiger partial charge on any atom is -0.311 e. The minimum absolute atomic E-state index is 0.261. The molecule has 0 bridgehead atoms. The summed E-state index contributed by atoms with van der Waals surface area (Å²) in [4.78, 5) is 31.3. The Hall–Kier alpha value is -3.09. The second-order valence-corrected chi connectivity index (χ2v) is 8.43. The average molecular weight is 406 g/mol. The van der Waals surface area contributed by atoms with Crippen molar-refractivity contribution in [3.8, 4) is 0 Å². The van der Waals surface area contributed by atoms with Crippen molar-refractivity contribution >= 4 is 16.9 Å². The number of aromatic nitrogens is 5. The molecule has 3 aromatic heterocycles. The van der Waals surface area contributed by atoms with Gasteiger partial charge in [-0.15, -0.1) is 0 Å². The lowest BCUT2D eigenvalue weighted by molar-refractivity contribution is 0.520. The molecule has 1 aliphatic carbocycles. The zero-order valence-corrected chi connectivity index (χ0v) is 17.8. The topological polar surface area (TPSA) is 66.2 Å². The maximum Gasteiger partial charge on any atom is 0.332 e. The fourth-order valence-corrected chi connectivity index (χ4v) is 4.96. The lowest BCUT2D eigenvalue weighted by Gasteiger charge is -2.13. The van der Waals surface area contributed by atoms with Gasteiger partial charge >= 0.3 is 5.69 Å². The number of nitrogens with zero attached hydrogens (tertiary/aromatic N) is 5. The number of aryl methyl sites for hydroxylation is 3. The molecule has 0 unspecified atom stereocenters. The van der Waals surface area contributed by atoms with Gasteiger partial charge in [-0.25, -0.2) is 4.79 Å². The van der Waals surface area contributed by atoms with Crippen LogP contribution in [0.1, 0.15) is 48.7 Å². The van der Waals surface area contributed by atoms with E-state index >= 15 is 0 Å². The summed E-state index contributed by atoms with van der Waals surface area (Å²) in [5, 5.41) is 0. The summed E-state index contributed by atoms with van der Waals surface area (Å²) in [7, 11) is 1.71. The summed E-state index contributed by atoms with van der Waals surface area (Å²) < 4.78 is 7.11. The number of hydrogen-bond acceptors (Lipinski definition) is 3. The Morgan fingerprint density at radius 3 is 2.43 bits per heavy atom. The first-order chi connectivity index (χ1) is 14.5. The molecule has 1 saturated carbocycles. The first-order valence-corrected chi connectivity index (χ1v) is 10.7. The third-order valence-electron chi connectivity index (χ3n) is 6.72. The van der Waals surface area contributed by atoms with E-state index in [2.05, 4.69) is 11.5 Å². The molecule has 5 rings (SSSR count). The van der Waals surface area contributed by atoms with Crippen LogP contribution in [0.2, 0.25) is 0 Å². The molecule has 0 aliphatic heterocycles. The number of hydrogen-bond donors (Lipinski definition) is 0. The highest BCUT2D eigenvalue weighted by Crippen LogP contribution is 2.34. The number of imidazole rings is 2. The van der Waals surface area contributed by atoms with Crippen molar-refractivity contribution in [2.75, 3.05) is 0 Å². The zero-order valence-electron chi connectivity index (χ0n) is 17.8. The van der Waals surface area contributed by atoms with Crippen LogP contribution < -0.4 is 11.2 Å². The summed E-state index contributed by atoms with van der Waals surface area (Å²) in [6.07, 6.45) is 5.34. The van der Waals surface area contributed by atoms with Crippen molar-refractivity contribution in [3.05, 3.63) is 68.1 Å². The Balaban J connectivity index is 1.72. The van der Waals surface area contributed by atoms with Crippen molar-refractivity contribution in [2.45, 2.75) is 58.5 Å². The van der Waals surface area contributed by atoms with Gasteiger partial charge in [-0.2, -0.15) is 4.98 Å². The molecule has 1 fully saturated rings. The molecule has 0 saturated heterocycles. The van der Waals surface area contributed by atoms with Crippen molar-refractivity contribution in [2.24, 2.45) is 7.05 Å². The molecular formula is C23H27N5O2. The van der Waals surface area contributed by atoms with Gasteiger partial charge in [-0.1, -0.05) is 43.2 Å². The molecule has 0 atom stereocenters. The summed E-state index contributed by atoms with van der Waals surface area (Å²) in [6.45, 7) is 4.48. The van der Waals surface area contributed by atoms with E-state index in [0.717, 1.165) is 35.6 Å². The quantitative estimate of drug-likeness (QED) is 0.524. The van der Waals surface area contributed by atoms with E-state index in [0.29, 0.717) is 30.2 Å². The van der Waals surface area contributed by atoms with Crippen LogP contribution in [0.5, 0.6) is 0 Å². The first-order valence-electron chi connectivity index (χ1n) is 10.7. The zero-order chi connectivity index (χ0) is 21.0. The highest BCUT2D eigenvalue weighted by Gasteiger charge is 2.27. The largest absolute Gasteiger partial charge is 0.332 e. The van der Waals surface area contributed by atoms with E-state index < -0.39 is 0 Å². The second-order valence-electron chi connectivity index (χ2n) is 8.43. The van der Waals surface area contributed by atoms with Gasteiger partial charge in [0.1, 0.15) is 0 Å². The normalized spacial score (nSPS) is 15.0. The molecule has 7 heteroatoms. The molecule has 30 heavy (non-hydrogen) atoms. The molecule has 0 radical (unpaired) electrons. The van der Waals surface area contributed by atoms with E-state index in [-0.39, 0.29) is 11.2 Å². The molecule has 3 heterocycles. The third-order valence-corrected chi connectivity index (χ3v) is 6.72. The summed E-state index contributed by atoms with van der Waals surface area (Å²) >= 11 is 0. The fraction of sp³-hybridized carbons (Fsp3) is 0.435. The van der Waals surface area contributed by atoms with Crippen LogP contribution in [0.15, 0.2) is 39.9 Å². The maximum absolute atomic E-state index is 13.5. The molecule has 0 N–H and O–H groups in total. The van der Waals surface area contributed by atoms with E-state index in [1.165, 1.54) is 22.0 Å². The molecule has 1 aromatic carbocycles. The van der Waals surface area contributed by atoms with Gasteiger partial charge < -0.3 is 4.57 Å². The SMILES string of the molecule is Cc1c(C)n2c3c(=O)n(CCc4ccccc4)c(=O)n(C)c3nc2n1C1CCCC1. The standard InChI is InChI=1S/C23H27N5O2/c1-15-16(2)28-19-20(24-22(28)27(15)18-11-7-8-12-18)25(3)23(30)26(21(19)29)14-13-17-9-5-4-6-10-17/h4-6,9-10,18H,7-8,11-14H2,1-3H3. The lowest BCUT2D eigenvalue weighted by atomic mass is 10.1. The van der Waals surface area contributed by atoms with Crippen LogP contribution in [0.25, 0.3) is 16.9 Å². The Labute approximate surface area is 174 Å². The van der Waals surface area contributed by atoms with Crippen LogP contribution >= 0.6 is 0 Å². The predicted octanol–water partition coefficient (Wildman–Crippen LogP) is 3.12. The lowest BCUT2D eigenvalue weighted by Crippen LogP contribution is -2.39. The van der Waals surface area contributed by atoms with Gasteiger partial charge in [0.05, 0.1) is 0 Å². The second kappa shape index (κ2) is 7.00. The van der Waals surface area contributed by atoms with Gasteiger partial charge in [0, 0.05) is 31.0 Å². The highest BCUT2D eigenvalue weighted by molar-refractivity contribution is 5.76. The van der Waals surface area contributed by atoms with Crippen molar-refractivity contribution in [3.63, 3.8) is 0 Å². The summed E-state index contributed by atoms with van der Waals surface area (Å²) in [5.41, 5.74) is 3.65. The first kappa shape index (κ1) is 18.9. The number of rotatable bonds is 4. The Morgan fingerprint density at radius 1 is 1.03 bits per heavy atom. The molecular weight excluding hydrogens is 378 g/mol. The van der Waals surface area contributed by atoms with Gasteiger partial charge in [-0.3, -0.25) is 18.3 Å². The van der Waals surface area contributed by atoms with Crippen LogP contribution in [0.4, 0.5) is 0 Å². The van der Waals surface area contributed by atoms with Crippen LogP contribution in [0.3, 0.4) is 0 Å². The van der Waals surface area contributed by atoms with Gasteiger partial charge in [0.25, 0.3) is 5.56 Å². The predicted molar refractivity (Wildman–Crippen MR) is 117 cm³/mol. The smallest absolute Gasteiger partial charge is 0.311 e. The van der Waals surface area contributed by atoms with Gasteiger partial charge in [-0.05, 0) is 38.7 Å². The summed E-state index contributed by atoms with van der Waals surface area (Å²) in [5.74, 6) is 0.778. The monoisotopic (exact) mass is 405 g/mol. The Kier molecular flexibility index (Phi) is 4.41. The Morgan fingerprint density at radius 2 is 1.73 bits per heavy atom. The fourth-order valence-electron chi connectivity index (χ4n) is 4.96. The van der Waals surface area contributed by atoms with Crippen LogP contribution in [0, 0.1) is 13.8 Å². The maximum atomic E-state index is 13.5. The van der Waals surface area contributed by atoms with E-state index in [9.17, 15) is 9.59 Å². The number of benzene rings is 1. The van der Waals surface area contributed by atoms with Gasteiger partial charge in [0.2, 0.25) is 5.78 Å². The van der Waals surface area contributed by atoms with E-state index in [4.69, 9.17) is 4.98 Å². The molecule has 1 aliphatic rings. The van der Waals surface area contributed by atoms with Crippen LogP contribution in [-0.4, -0.2) is 23.1 Å². The highest BCUT2D eigenvalue weighted by atomic mass is 16.2. The third kappa shape index (κ3) is 2.68. The summed E-state index contributed by atoms with van der Waals surface area (Å²) in [6, 6.07) is 10.3. The van der Waals surface area contributed by atoms with Crippen molar-refractivity contribution in [1.29, 1.82) is 0 Å². The van der Waals surface area contributed by atoms with Crippen molar-refractivity contribution < 1.29 is 0 Å². The molecule has 0 spiro atoms. The molecule has 4 aromatic rings. The van der Waals surface area contributed by atoms with E-state index in [1.807, 2.05) is 41.7 Å². The Bertz CT molecular complexity index is 1360. The number of fused-ring (bicyclic) bond motifs is 3. The molecule has 7 nitrogen and oxygen atoms in total. The van der Waals surface area contributed by atoms with E-state index in [1.54, 1.807) is 7.05 Å². The average Bonchev–Trinajstić information content (AvgIpc) is 3.45. The minimum atomic E-state index is -0.314. The van der Waals surface area contributed by atoms with Crippen molar-refractivity contribution in [1.82, 2.24) is 23.1 Å². The van der Waals surface area contributed by atoms with Gasteiger partial charge in [0.15, 0.2) is 11.2 Å².